The van der Waals surface area contributed by atoms with Gasteiger partial charge in [0.1, 0.15) is 0 Å². The Labute approximate surface area is 134 Å². The van der Waals surface area contributed by atoms with Crippen molar-refractivity contribution >= 4 is 28.1 Å². The molecule has 0 radical (unpaired) electrons. The van der Waals surface area contributed by atoms with Gasteiger partial charge in [-0.25, -0.2) is 0 Å². The molecule has 0 spiro atoms. The third kappa shape index (κ3) is 2.19. The molecule has 0 saturated carbocycles. The molecule has 1 amide bonds. The van der Waals surface area contributed by atoms with Crippen LogP contribution in [0.1, 0.15) is 16.8 Å². The van der Waals surface area contributed by atoms with Crippen LogP contribution in [0.4, 0.5) is 0 Å². The summed E-state index contributed by atoms with van der Waals surface area (Å²) >= 11 is 0. The molecule has 0 fully saturated rings. The van der Waals surface area contributed by atoms with Crippen LogP contribution in [0, 0.1) is 0 Å². The highest BCUT2D eigenvalue weighted by molar-refractivity contribution is 6.26. The number of primary amides is 1. The first-order valence-electron chi connectivity index (χ1n) is 7.69. The van der Waals surface area contributed by atoms with Gasteiger partial charge in [0.2, 0.25) is 0 Å². The first-order valence-corrected chi connectivity index (χ1v) is 7.69. The summed E-state index contributed by atoms with van der Waals surface area (Å²) in [6, 6.07) is 17.8. The van der Waals surface area contributed by atoms with Gasteiger partial charge >= 0.3 is 0 Å². The molecule has 23 heavy (non-hydrogen) atoms. The van der Waals surface area contributed by atoms with E-state index in [0.29, 0.717) is 5.57 Å². The summed E-state index contributed by atoms with van der Waals surface area (Å²) in [6.45, 7) is 0.786. The summed E-state index contributed by atoms with van der Waals surface area (Å²) in [5.74, 6) is -0.426. The van der Waals surface area contributed by atoms with Crippen molar-refractivity contribution < 1.29 is 4.79 Å². The fourth-order valence-electron chi connectivity index (χ4n) is 3.30. The van der Waals surface area contributed by atoms with E-state index in [2.05, 4.69) is 22.4 Å². The van der Waals surface area contributed by atoms with Gasteiger partial charge in [0.05, 0.1) is 17.0 Å². The highest BCUT2D eigenvalue weighted by Crippen LogP contribution is 2.33. The molecule has 1 aromatic heterocycles. The van der Waals surface area contributed by atoms with E-state index < -0.39 is 5.91 Å². The summed E-state index contributed by atoms with van der Waals surface area (Å²) in [5, 5.41) is 4.57. The van der Waals surface area contributed by atoms with Gasteiger partial charge in [-0.05, 0) is 23.6 Å². The van der Waals surface area contributed by atoms with Crippen molar-refractivity contribution in [3.05, 3.63) is 71.4 Å². The lowest BCUT2D eigenvalue weighted by Crippen LogP contribution is -2.27. The van der Waals surface area contributed by atoms with Crippen LogP contribution in [0.25, 0.3) is 22.2 Å². The molecule has 0 aliphatic carbocycles. The Morgan fingerprint density at radius 1 is 1.00 bits per heavy atom. The van der Waals surface area contributed by atoms with Gasteiger partial charge in [0, 0.05) is 17.4 Å². The van der Waals surface area contributed by atoms with Crippen molar-refractivity contribution in [1.82, 2.24) is 10.3 Å². The molecule has 0 unspecified atom stereocenters. The number of H-pyrrole nitrogens is 1. The normalized spacial score (nSPS) is 15.8. The average molecular weight is 303 g/mol. The van der Waals surface area contributed by atoms with Crippen LogP contribution >= 0.6 is 0 Å². The number of hydrogen-bond donors (Lipinski definition) is 3. The summed E-state index contributed by atoms with van der Waals surface area (Å²) in [5.41, 5.74) is 11.1. The fraction of sp³-hybridized carbons (Fsp3) is 0.105. The van der Waals surface area contributed by atoms with Crippen LogP contribution in [0.15, 0.2) is 54.6 Å². The van der Waals surface area contributed by atoms with Crippen LogP contribution in [0.3, 0.4) is 0 Å². The highest BCUT2D eigenvalue weighted by atomic mass is 16.1. The second kappa shape index (κ2) is 5.32. The third-order valence-electron chi connectivity index (χ3n) is 4.30. The zero-order chi connectivity index (χ0) is 15.8. The predicted molar refractivity (Wildman–Crippen MR) is 92.5 cm³/mol. The second-order valence-corrected chi connectivity index (χ2v) is 5.68. The lowest BCUT2D eigenvalue weighted by atomic mass is 9.96. The van der Waals surface area contributed by atoms with Crippen molar-refractivity contribution in [2.75, 3.05) is 6.54 Å². The van der Waals surface area contributed by atoms with Gasteiger partial charge in [-0.2, -0.15) is 0 Å². The number of benzene rings is 2. The Morgan fingerprint density at radius 2 is 1.74 bits per heavy atom. The summed E-state index contributed by atoms with van der Waals surface area (Å²) < 4.78 is 0. The molecule has 0 bridgehead atoms. The maximum atomic E-state index is 12.1. The number of aromatic amines is 1. The van der Waals surface area contributed by atoms with Gasteiger partial charge in [-0.15, -0.1) is 0 Å². The standard InChI is InChI=1S/C19H17N3O/c20-19(23)16(12-6-2-1-3-7-12)18-17-14(10-11-21-18)13-8-4-5-9-15(13)22-17/h1-9,21-22H,10-11H2,(H2,20,23)/b18-16-. The molecule has 4 nitrogen and oxygen atoms in total. The van der Waals surface area contributed by atoms with Crippen molar-refractivity contribution in [2.45, 2.75) is 6.42 Å². The van der Waals surface area contributed by atoms with Gasteiger partial charge in [0.15, 0.2) is 0 Å². The topological polar surface area (TPSA) is 70.9 Å². The number of amides is 1. The molecule has 0 saturated heterocycles. The predicted octanol–water partition coefficient (Wildman–Crippen LogP) is 2.67. The molecule has 4 rings (SSSR count). The molecule has 1 aliphatic heterocycles. The third-order valence-corrected chi connectivity index (χ3v) is 4.30. The smallest absolute Gasteiger partial charge is 0.251 e. The molecule has 2 aromatic carbocycles. The SMILES string of the molecule is NC(=O)/C(=C1\NCCc2c1[nH]c1ccccc21)c1ccccc1. The Hall–Kier alpha value is -3.01. The van der Waals surface area contributed by atoms with Crippen LogP contribution in [0.5, 0.6) is 0 Å². The van der Waals surface area contributed by atoms with Crippen molar-refractivity contribution in [1.29, 1.82) is 0 Å². The minimum Gasteiger partial charge on any atom is -0.382 e. The van der Waals surface area contributed by atoms with Gasteiger partial charge in [-0.1, -0.05) is 48.5 Å². The number of nitrogens with two attached hydrogens (primary N) is 1. The van der Waals surface area contributed by atoms with Crippen LogP contribution in [-0.2, 0) is 11.2 Å². The summed E-state index contributed by atoms with van der Waals surface area (Å²) in [6.07, 6.45) is 0.920. The lowest BCUT2D eigenvalue weighted by Gasteiger charge is -2.21. The molecular formula is C19H17N3O. The zero-order valence-corrected chi connectivity index (χ0v) is 12.6. The fourth-order valence-corrected chi connectivity index (χ4v) is 3.30. The molecule has 114 valence electrons. The molecule has 4 N–H and O–H groups in total. The van der Waals surface area contributed by atoms with Gasteiger partial charge in [-0.3, -0.25) is 4.79 Å². The number of fused-ring (bicyclic) bond motifs is 3. The minimum absolute atomic E-state index is 0.426. The minimum atomic E-state index is -0.426. The zero-order valence-electron chi connectivity index (χ0n) is 12.6. The quantitative estimate of drug-likeness (QED) is 0.637. The van der Waals surface area contributed by atoms with Crippen LogP contribution in [0.2, 0.25) is 0 Å². The lowest BCUT2D eigenvalue weighted by molar-refractivity contribution is -0.112. The Kier molecular flexibility index (Phi) is 3.15. The van der Waals surface area contributed by atoms with E-state index in [4.69, 9.17) is 5.73 Å². The molecule has 1 aliphatic rings. The summed E-state index contributed by atoms with van der Waals surface area (Å²) in [7, 11) is 0. The number of nitrogens with one attached hydrogen (secondary N) is 2. The first kappa shape index (κ1) is 13.6. The Balaban J connectivity index is 2.01. The Bertz CT molecular complexity index is 922. The van der Waals surface area contributed by atoms with Gasteiger partial charge < -0.3 is 16.0 Å². The molecular weight excluding hydrogens is 286 g/mol. The van der Waals surface area contributed by atoms with Crippen LogP contribution in [-0.4, -0.2) is 17.4 Å². The number of para-hydroxylation sites is 1. The van der Waals surface area contributed by atoms with Crippen LogP contribution < -0.4 is 11.1 Å². The number of carbonyl (C=O) groups is 1. The van der Waals surface area contributed by atoms with Crippen molar-refractivity contribution in [2.24, 2.45) is 5.73 Å². The maximum Gasteiger partial charge on any atom is 0.251 e. The van der Waals surface area contributed by atoms with E-state index in [-0.39, 0.29) is 0 Å². The molecule has 0 atom stereocenters. The number of aromatic nitrogens is 1. The van der Waals surface area contributed by atoms with E-state index >= 15 is 0 Å². The second-order valence-electron chi connectivity index (χ2n) is 5.68. The van der Waals surface area contributed by atoms with E-state index in [0.717, 1.165) is 35.4 Å². The number of carbonyl (C=O) groups excluding carboxylic acids is 1. The van der Waals surface area contributed by atoms with E-state index in [1.165, 1.54) is 10.9 Å². The van der Waals surface area contributed by atoms with E-state index in [1.54, 1.807) is 0 Å². The summed E-state index contributed by atoms with van der Waals surface area (Å²) in [4.78, 5) is 15.6. The largest absolute Gasteiger partial charge is 0.382 e. The van der Waals surface area contributed by atoms with Crippen molar-refractivity contribution in [3.63, 3.8) is 0 Å². The van der Waals surface area contributed by atoms with Gasteiger partial charge in [0.25, 0.3) is 5.91 Å². The van der Waals surface area contributed by atoms with Crippen molar-refractivity contribution in [3.8, 4) is 0 Å². The number of rotatable bonds is 2. The molecule has 2 heterocycles. The average Bonchev–Trinajstić information content (AvgIpc) is 2.95. The van der Waals surface area contributed by atoms with E-state index in [1.807, 2.05) is 42.5 Å². The first-order chi connectivity index (χ1) is 11.3. The number of hydrogen-bond acceptors (Lipinski definition) is 2. The molecule has 3 aromatic rings. The monoisotopic (exact) mass is 303 g/mol. The maximum absolute atomic E-state index is 12.1. The van der Waals surface area contributed by atoms with E-state index in [9.17, 15) is 4.79 Å². The molecule has 4 heteroatoms. The highest BCUT2D eigenvalue weighted by Gasteiger charge is 2.24. The Morgan fingerprint density at radius 3 is 2.52 bits per heavy atom.